The molecule has 42 heavy (non-hydrogen) atoms. The van der Waals surface area contributed by atoms with Gasteiger partial charge in [-0.1, -0.05) is 171 Å². The zero-order valence-corrected chi connectivity index (χ0v) is 31.0. The molecule has 0 N–H and O–H groups in total. The first-order chi connectivity index (χ1) is 20.9. The third-order valence-corrected chi connectivity index (χ3v) is 5.79. The smallest absolute Gasteiger partial charge is 0.0554 e. The van der Waals surface area contributed by atoms with Crippen molar-refractivity contribution in [1.29, 1.82) is 0 Å². The van der Waals surface area contributed by atoms with Crippen LogP contribution in [-0.2, 0) is 0 Å². The molecule has 0 aliphatic heterocycles. The van der Waals surface area contributed by atoms with Crippen molar-refractivity contribution in [3.8, 4) is 0 Å². The van der Waals surface area contributed by atoms with Gasteiger partial charge in [0, 0.05) is 31.5 Å². The van der Waals surface area contributed by atoms with E-state index in [0.29, 0.717) is 0 Å². The molecule has 4 aromatic carbocycles. The summed E-state index contributed by atoms with van der Waals surface area (Å²) < 4.78 is 2.65. The Labute approximate surface area is 266 Å². The first kappa shape index (κ1) is 45.9. The van der Waals surface area contributed by atoms with Gasteiger partial charge < -0.3 is 4.90 Å². The lowest BCUT2D eigenvalue weighted by atomic mass is 10.1. The van der Waals surface area contributed by atoms with Gasteiger partial charge in [0.05, 0.1) is 5.69 Å². The summed E-state index contributed by atoms with van der Waals surface area (Å²) in [6.07, 6.45) is 0. The Bertz CT molecular complexity index is 1140. The lowest BCUT2D eigenvalue weighted by molar-refractivity contribution is 1.30. The fraction of sp³-hybridized carbons (Fsp3) is 0.400. The van der Waals surface area contributed by atoms with Gasteiger partial charge in [-0.3, -0.25) is 0 Å². The minimum Gasteiger partial charge on any atom is -0.310 e. The molecular formula is C40H65NS. The number of para-hydroxylation sites is 2. The number of benzene rings is 4. The van der Waals surface area contributed by atoms with Gasteiger partial charge in [0.1, 0.15) is 0 Å². The summed E-state index contributed by atoms with van der Waals surface area (Å²) in [4.78, 5) is 2.35. The highest BCUT2D eigenvalue weighted by atomic mass is 32.1. The summed E-state index contributed by atoms with van der Waals surface area (Å²) in [5.74, 6) is 0. The summed E-state index contributed by atoms with van der Waals surface area (Å²) >= 11 is 1.86. The largest absolute Gasteiger partial charge is 0.310 e. The van der Waals surface area contributed by atoms with E-state index in [4.69, 9.17) is 0 Å². The van der Waals surface area contributed by atoms with Crippen molar-refractivity contribution in [3.05, 3.63) is 103 Å². The highest BCUT2D eigenvalue weighted by Crippen LogP contribution is 2.44. The van der Waals surface area contributed by atoms with Crippen LogP contribution in [0.15, 0.2) is 103 Å². The van der Waals surface area contributed by atoms with Crippen LogP contribution in [0.3, 0.4) is 0 Å². The Morgan fingerprint density at radius 1 is 0.357 bits per heavy atom. The Morgan fingerprint density at radius 3 is 1.14 bits per heavy atom. The number of hydrogen-bond acceptors (Lipinski definition) is 2. The zero-order chi connectivity index (χ0) is 33.3. The normalized spacial score (nSPS) is 8.00. The average molecular weight is 592 g/mol. The molecule has 0 unspecified atom stereocenters. The highest BCUT2D eigenvalue weighted by molar-refractivity contribution is 7.26. The van der Waals surface area contributed by atoms with Gasteiger partial charge in [0.2, 0.25) is 0 Å². The molecular weight excluding hydrogens is 527 g/mol. The van der Waals surface area contributed by atoms with E-state index >= 15 is 0 Å². The number of thiophene rings is 1. The van der Waals surface area contributed by atoms with Crippen LogP contribution in [0.1, 0.15) is 111 Å². The lowest BCUT2D eigenvalue weighted by Crippen LogP contribution is -2.09. The van der Waals surface area contributed by atoms with Crippen molar-refractivity contribution in [1.82, 2.24) is 0 Å². The SMILES string of the molecule is CC.CC.CC.CC.CC.CC.CC.CC.c1ccc(N(c2ccccc2)c2cccc3sc4ccccc4c23)cc1. The fourth-order valence-corrected chi connectivity index (χ4v) is 4.65. The Kier molecular flexibility index (Phi) is 37.2. The Morgan fingerprint density at radius 2 is 0.714 bits per heavy atom. The van der Waals surface area contributed by atoms with Gasteiger partial charge in [-0.15, -0.1) is 11.3 Å². The predicted molar refractivity (Wildman–Crippen MR) is 205 cm³/mol. The molecule has 0 radical (unpaired) electrons. The van der Waals surface area contributed by atoms with Crippen molar-refractivity contribution < 1.29 is 0 Å². The second-order valence-electron chi connectivity index (χ2n) is 6.26. The van der Waals surface area contributed by atoms with Gasteiger partial charge in [-0.05, 0) is 42.5 Å². The predicted octanol–water partition coefficient (Wildman–Crippen LogP) is 15.7. The first-order valence-electron chi connectivity index (χ1n) is 16.7. The zero-order valence-electron chi connectivity index (χ0n) is 30.2. The van der Waals surface area contributed by atoms with Gasteiger partial charge >= 0.3 is 0 Å². The second-order valence-corrected chi connectivity index (χ2v) is 7.34. The van der Waals surface area contributed by atoms with E-state index in [1.807, 2.05) is 122 Å². The molecule has 5 aromatic rings. The van der Waals surface area contributed by atoms with Crippen molar-refractivity contribution in [2.45, 2.75) is 111 Å². The Hall–Kier alpha value is -3.10. The van der Waals surface area contributed by atoms with Crippen LogP contribution in [0.25, 0.3) is 20.2 Å². The molecule has 0 saturated heterocycles. The van der Waals surface area contributed by atoms with Crippen molar-refractivity contribution >= 4 is 48.6 Å². The standard InChI is InChI=1S/C24H17NS.8C2H6/c1-3-10-18(11-4-1)25(19-12-5-2-6-13-19)21-15-9-17-23-24(21)20-14-7-8-16-22(20)26-23;8*1-2/h1-17H;8*1-2H3. The molecule has 0 bridgehead atoms. The van der Waals surface area contributed by atoms with Gasteiger partial charge in [-0.2, -0.15) is 0 Å². The lowest BCUT2D eigenvalue weighted by Gasteiger charge is -2.26. The molecule has 1 nitrogen and oxygen atoms in total. The topological polar surface area (TPSA) is 3.24 Å². The molecule has 0 atom stereocenters. The maximum atomic E-state index is 2.35. The quantitative estimate of drug-likeness (QED) is 0.202. The van der Waals surface area contributed by atoms with E-state index in [1.165, 1.54) is 37.2 Å². The van der Waals surface area contributed by atoms with Crippen LogP contribution in [-0.4, -0.2) is 0 Å². The number of fused-ring (bicyclic) bond motifs is 3. The van der Waals surface area contributed by atoms with E-state index < -0.39 is 0 Å². The molecule has 2 heteroatoms. The maximum Gasteiger partial charge on any atom is 0.0554 e. The van der Waals surface area contributed by atoms with Crippen LogP contribution in [0.4, 0.5) is 17.1 Å². The number of rotatable bonds is 3. The molecule has 0 saturated carbocycles. The highest BCUT2D eigenvalue weighted by Gasteiger charge is 2.17. The summed E-state index contributed by atoms with van der Waals surface area (Å²) in [5.41, 5.74) is 3.56. The van der Waals surface area contributed by atoms with E-state index in [-0.39, 0.29) is 0 Å². The number of hydrogen-bond donors (Lipinski definition) is 0. The average Bonchev–Trinajstić information content (AvgIpc) is 3.52. The fourth-order valence-electron chi connectivity index (χ4n) is 3.52. The first-order valence-corrected chi connectivity index (χ1v) is 17.5. The minimum absolute atomic E-state index is 1.17. The molecule has 0 aliphatic rings. The summed E-state index contributed by atoms with van der Waals surface area (Å²) in [6, 6.07) is 36.4. The molecule has 1 aromatic heterocycles. The third kappa shape index (κ3) is 14.2. The van der Waals surface area contributed by atoms with Crippen LogP contribution >= 0.6 is 11.3 Å². The van der Waals surface area contributed by atoms with Crippen molar-refractivity contribution in [2.75, 3.05) is 4.90 Å². The van der Waals surface area contributed by atoms with E-state index in [2.05, 4.69) is 108 Å². The summed E-state index contributed by atoms with van der Waals surface area (Å²) in [6.45, 7) is 32.0. The van der Waals surface area contributed by atoms with Gasteiger partial charge in [-0.25, -0.2) is 0 Å². The molecule has 0 fully saturated rings. The van der Waals surface area contributed by atoms with Crippen LogP contribution < -0.4 is 4.90 Å². The monoisotopic (exact) mass is 591 g/mol. The molecule has 0 amide bonds. The molecule has 236 valence electrons. The summed E-state index contributed by atoms with van der Waals surface area (Å²) in [5, 5.41) is 2.64. The van der Waals surface area contributed by atoms with Crippen molar-refractivity contribution in [2.24, 2.45) is 0 Å². The minimum atomic E-state index is 1.17. The second kappa shape index (κ2) is 34.1. The summed E-state index contributed by atoms with van der Waals surface area (Å²) in [7, 11) is 0. The van der Waals surface area contributed by atoms with Crippen molar-refractivity contribution in [3.63, 3.8) is 0 Å². The van der Waals surface area contributed by atoms with Crippen LogP contribution in [0, 0.1) is 0 Å². The third-order valence-electron chi connectivity index (χ3n) is 4.65. The molecule has 5 rings (SSSR count). The molecule has 0 aliphatic carbocycles. The van der Waals surface area contributed by atoms with E-state index in [1.54, 1.807) is 0 Å². The van der Waals surface area contributed by atoms with E-state index in [0.717, 1.165) is 0 Å². The number of anilines is 3. The molecule has 1 heterocycles. The number of nitrogens with zero attached hydrogens (tertiary/aromatic N) is 1. The van der Waals surface area contributed by atoms with Gasteiger partial charge in [0.15, 0.2) is 0 Å². The maximum absolute atomic E-state index is 2.35. The van der Waals surface area contributed by atoms with E-state index in [9.17, 15) is 0 Å². The molecule has 0 spiro atoms. The van der Waals surface area contributed by atoms with Crippen LogP contribution in [0.5, 0.6) is 0 Å². The van der Waals surface area contributed by atoms with Gasteiger partial charge in [0.25, 0.3) is 0 Å². The van der Waals surface area contributed by atoms with Crippen LogP contribution in [0.2, 0.25) is 0 Å². The Balaban J connectivity index is -0.000000394.